The molecule has 222 valence electrons. The van der Waals surface area contributed by atoms with Crippen LogP contribution < -0.4 is 15.0 Å². The van der Waals surface area contributed by atoms with Gasteiger partial charge in [-0.15, -0.1) is 0 Å². The Balaban J connectivity index is 1.40. The first-order valence-electron chi connectivity index (χ1n) is 14.4. The van der Waals surface area contributed by atoms with Crippen LogP contribution in [-0.4, -0.2) is 82.4 Å². The molecular weight excluding hydrogens is 567 g/mol. The quantitative estimate of drug-likeness (QED) is 0.297. The number of ether oxygens (including phenoxy) is 1. The zero-order valence-corrected chi connectivity index (χ0v) is 24.5. The number of alkyl halides is 2. The van der Waals surface area contributed by atoms with Crippen molar-refractivity contribution in [2.75, 3.05) is 38.2 Å². The average molecular weight is 600 g/mol. The summed E-state index contributed by atoms with van der Waals surface area (Å²) in [6.45, 7) is 5.70. The molecule has 0 radical (unpaired) electrons. The number of benzene rings is 2. The minimum absolute atomic E-state index is 0.0244. The lowest BCUT2D eigenvalue weighted by Gasteiger charge is -2.41. The SMILES string of the molecule is Cc1cc2[nH]ncc2c(-c2c(Cl)cc3c(N4CC5CCC(C(F)F)(C4)N5)nc(OCC4CCCN4C)nc3c2F)c1C. The maximum Gasteiger partial charge on any atom is 0.319 e. The first-order valence-corrected chi connectivity index (χ1v) is 14.8. The van der Waals surface area contributed by atoms with Gasteiger partial charge in [-0.1, -0.05) is 11.6 Å². The Labute approximate surface area is 246 Å². The Morgan fingerprint density at radius 2 is 2.00 bits per heavy atom. The summed E-state index contributed by atoms with van der Waals surface area (Å²) in [5.41, 5.74) is 2.15. The van der Waals surface area contributed by atoms with E-state index in [0.29, 0.717) is 42.8 Å². The van der Waals surface area contributed by atoms with Crippen molar-refractivity contribution >= 4 is 39.2 Å². The van der Waals surface area contributed by atoms with Crippen molar-refractivity contribution in [3.8, 4) is 17.1 Å². The maximum absolute atomic E-state index is 16.8. The van der Waals surface area contributed by atoms with Crippen LogP contribution in [-0.2, 0) is 0 Å². The molecule has 3 atom stereocenters. The number of aryl methyl sites for hydroxylation is 1. The molecule has 0 amide bonds. The minimum Gasteiger partial charge on any atom is -0.462 e. The number of nitrogens with zero attached hydrogens (tertiary/aromatic N) is 5. The average Bonchev–Trinajstić information content (AvgIpc) is 3.68. The molecule has 2 N–H and O–H groups in total. The molecule has 3 aliphatic rings. The van der Waals surface area contributed by atoms with E-state index in [2.05, 4.69) is 25.4 Å². The summed E-state index contributed by atoms with van der Waals surface area (Å²) in [7, 11) is 2.04. The smallest absolute Gasteiger partial charge is 0.319 e. The highest BCUT2D eigenvalue weighted by Crippen LogP contribution is 2.44. The molecule has 2 bridgehead atoms. The minimum atomic E-state index is -2.55. The van der Waals surface area contributed by atoms with E-state index in [1.165, 1.54) is 0 Å². The highest BCUT2D eigenvalue weighted by Gasteiger charge is 2.51. The van der Waals surface area contributed by atoms with Gasteiger partial charge in [0, 0.05) is 47.1 Å². The van der Waals surface area contributed by atoms with Crippen molar-refractivity contribution in [1.82, 2.24) is 30.4 Å². The number of aromatic amines is 1. The summed E-state index contributed by atoms with van der Waals surface area (Å²) in [4.78, 5) is 13.3. The van der Waals surface area contributed by atoms with Crippen molar-refractivity contribution in [2.45, 2.75) is 63.6 Å². The number of nitrogens with one attached hydrogen (secondary N) is 2. The number of anilines is 1. The van der Waals surface area contributed by atoms with Crippen LogP contribution in [0.25, 0.3) is 32.9 Å². The lowest BCUT2D eigenvalue weighted by Crippen LogP contribution is -2.63. The Morgan fingerprint density at radius 3 is 2.76 bits per heavy atom. The number of piperazine rings is 1. The van der Waals surface area contributed by atoms with E-state index >= 15 is 4.39 Å². The molecule has 5 heterocycles. The second-order valence-electron chi connectivity index (χ2n) is 12.1. The molecule has 4 aromatic rings. The predicted molar refractivity (Wildman–Crippen MR) is 157 cm³/mol. The Morgan fingerprint density at radius 1 is 1.17 bits per heavy atom. The number of halogens is 4. The van der Waals surface area contributed by atoms with Gasteiger partial charge in [-0.3, -0.25) is 5.10 Å². The van der Waals surface area contributed by atoms with Gasteiger partial charge in [-0.05, 0) is 76.4 Å². The molecule has 8 nitrogen and oxygen atoms in total. The summed E-state index contributed by atoms with van der Waals surface area (Å²) < 4.78 is 51.6. The number of likely N-dealkylation sites (tertiary alicyclic amines) is 1. The second kappa shape index (κ2) is 10.2. The van der Waals surface area contributed by atoms with Crippen LogP contribution in [0.3, 0.4) is 0 Å². The van der Waals surface area contributed by atoms with Crippen LogP contribution in [0.1, 0.15) is 36.8 Å². The van der Waals surface area contributed by atoms with E-state index in [4.69, 9.17) is 21.3 Å². The molecule has 0 spiro atoms. The fourth-order valence-corrected chi connectivity index (χ4v) is 7.31. The van der Waals surface area contributed by atoms with Crippen molar-refractivity contribution in [3.63, 3.8) is 0 Å². The number of H-pyrrole nitrogens is 1. The van der Waals surface area contributed by atoms with Crippen LogP contribution in [0.15, 0.2) is 18.3 Å². The fourth-order valence-electron chi connectivity index (χ4n) is 7.02. The van der Waals surface area contributed by atoms with Crippen LogP contribution in [0.4, 0.5) is 19.0 Å². The zero-order valence-electron chi connectivity index (χ0n) is 23.8. The standard InChI is InChI=1S/C30H33ClF3N7O/c1-15-9-22-20(11-35-39-22)23(16(15)2)24-21(31)10-19-26(25(24)32)36-29(42-13-18-5-4-8-40(18)3)37-27(19)41-12-17-6-7-30(14-41,38-17)28(33)34/h9-11,17-18,28,38H,4-8,12-14H2,1-3H3,(H,35,39). The lowest BCUT2D eigenvalue weighted by atomic mass is 9.92. The van der Waals surface area contributed by atoms with E-state index < -0.39 is 17.8 Å². The fraction of sp³-hybridized carbons (Fsp3) is 0.500. The Hall–Kier alpha value is -3.15. The van der Waals surface area contributed by atoms with Gasteiger partial charge in [0.15, 0.2) is 5.82 Å². The molecule has 0 aliphatic carbocycles. The summed E-state index contributed by atoms with van der Waals surface area (Å²) >= 11 is 6.88. The molecule has 2 aromatic heterocycles. The number of likely N-dealkylation sites (N-methyl/N-ethyl adjacent to an activating group) is 1. The van der Waals surface area contributed by atoms with Crippen molar-refractivity contribution in [3.05, 3.63) is 40.3 Å². The third-order valence-corrected chi connectivity index (χ3v) is 9.79. The van der Waals surface area contributed by atoms with Gasteiger partial charge in [0.25, 0.3) is 6.43 Å². The number of hydrogen-bond donors (Lipinski definition) is 2. The van der Waals surface area contributed by atoms with Crippen LogP contribution in [0.2, 0.25) is 5.02 Å². The van der Waals surface area contributed by atoms with E-state index in [0.717, 1.165) is 41.4 Å². The van der Waals surface area contributed by atoms with Crippen molar-refractivity contribution < 1.29 is 17.9 Å². The van der Waals surface area contributed by atoms with Gasteiger partial charge in [0.1, 0.15) is 17.9 Å². The largest absolute Gasteiger partial charge is 0.462 e. The molecular formula is C30H33ClF3N7O. The van der Waals surface area contributed by atoms with Gasteiger partial charge in [0.2, 0.25) is 0 Å². The molecule has 3 fully saturated rings. The highest BCUT2D eigenvalue weighted by atomic mass is 35.5. The summed E-state index contributed by atoms with van der Waals surface area (Å²) in [6, 6.07) is 3.72. The zero-order chi connectivity index (χ0) is 29.3. The first-order chi connectivity index (χ1) is 20.1. The lowest BCUT2D eigenvalue weighted by molar-refractivity contribution is 0.0367. The molecule has 7 rings (SSSR count). The normalized spacial score (nSPS) is 24.5. The topological polar surface area (TPSA) is 82.2 Å². The summed E-state index contributed by atoms with van der Waals surface area (Å²) in [6.07, 6.45) is 2.15. The number of rotatable bonds is 6. The molecule has 3 unspecified atom stereocenters. The van der Waals surface area contributed by atoms with E-state index in [1.54, 1.807) is 12.3 Å². The first kappa shape index (κ1) is 27.7. The van der Waals surface area contributed by atoms with E-state index in [1.807, 2.05) is 31.9 Å². The maximum atomic E-state index is 16.8. The molecule has 3 saturated heterocycles. The monoisotopic (exact) mass is 599 g/mol. The molecule has 12 heteroatoms. The highest BCUT2D eigenvalue weighted by molar-refractivity contribution is 6.35. The van der Waals surface area contributed by atoms with Gasteiger partial charge in [0.05, 0.1) is 22.3 Å². The summed E-state index contributed by atoms with van der Waals surface area (Å²) in [5.74, 6) is -0.253. The third-order valence-electron chi connectivity index (χ3n) is 9.50. The molecule has 42 heavy (non-hydrogen) atoms. The van der Waals surface area contributed by atoms with Crippen molar-refractivity contribution in [2.24, 2.45) is 0 Å². The molecule has 0 saturated carbocycles. The van der Waals surface area contributed by atoms with Gasteiger partial charge in [-0.25, -0.2) is 13.2 Å². The van der Waals surface area contributed by atoms with E-state index in [9.17, 15) is 8.78 Å². The Bertz CT molecular complexity index is 1700. The van der Waals surface area contributed by atoms with Crippen LogP contribution >= 0.6 is 11.6 Å². The van der Waals surface area contributed by atoms with Gasteiger partial charge in [-0.2, -0.15) is 15.1 Å². The molecule has 3 aliphatic heterocycles. The summed E-state index contributed by atoms with van der Waals surface area (Å²) in [5, 5.41) is 11.6. The number of fused-ring (bicyclic) bond motifs is 4. The second-order valence-corrected chi connectivity index (χ2v) is 12.5. The van der Waals surface area contributed by atoms with Gasteiger partial charge < -0.3 is 19.9 Å². The van der Waals surface area contributed by atoms with Crippen LogP contribution in [0.5, 0.6) is 6.01 Å². The third kappa shape index (κ3) is 4.39. The van der Waals surface area contributed by atoms with Crippen LogP contribution in [0, 0.1) is 19.7 Å². The van der Waals surface area contributed by atoms with E-state index in [-0.39, 0.29) is 40.7 Å². The molecule has 2 aromatic carbocycles. The predicted octanol–water partition coefficient (Wildman–Crippen LogP) is 5.63. The Kier molecular flexibility index (Phi) is 6.75. The van der Waals surface area contributed by atoms with Crippen molar-refractivity contribution in [1.29, 1.82) is 0 Å². The number of hydrogen-bond acceptors (Lipinski definition) is 7. The van der Waals surface area contributed by atoms with Gasteiger partial charge >= 0.3 is 6.01 Å². The number of aromatic nitrogens is 4.